The summed E-state index contributed by atoms with van der Waals surface area (Å²) in [5, 5.41) is 7.78. The largest absolute Gasteiger partial charge is 0.347 e. The minimum atomic E-state index is -3.83. The fourth-order valence-electron chi connectivity index (χ4n) is 3.87. The summed E-state index contributed by atoms with van der Waals surface area (Å²) in [4.78, 5) is 4.53. The Morgan fingerprint density at radius 2 is 1.56 bits per heavy atom. The number of rotatable bonds is 5. The molecule has 1 aliphatic rings. The molecule has 0 bridgehead atoms. The highest BCUT2D eigenvalue weighted by atomic mass is 32.2. The first-order valence-electron chi connectivity index (χ1n) is 10.1. The lowest BCUT2D eigenvalue weighted by Crippen LogP contribution is -2.28. The van der Waals surface area contributed by atoms with Crippen molar-refractivity contribution in [2.24, 2.45) is 0 Å². The van der Waals surface area contributed by atoms with E-state index in [1.54, 1.807) is 35.0 Å². The minimum absolute atomic E-state index is 0.0304. The molecule has 32 heavy (non-hydrogen) atoms. The van der Waals surface area contributed by atoms with E-state index in [0.717, 1.165) is 11.1 Å². The standard InChI is InChI=1S/C23H20FN5O2S/c24-18-13-11-17(12-14-18)21-15-20(16-7-3-1-4-8-16)25-23-26-22(27-29(21)23)28-32(30,31)19-9-5-2-6-10-19/h1-14,20-21H,15H2,(H2,25,26,27,28)/t20-,21+/m1/s1. The summed E-state index contributed by atoms with van der Waals surface area (Å²) in [6.07, 6.45) is 0.636. The highest BCUT2D eigenvalue weighted by molar-refractivity contribution is 7.92. The SMILES string of the molecule is O=S(=O)(Nc1nc2n(n1)[C@H](c1ccc(F)cc1)C[C@H](c1ccccc1)N2)c1ccccc1. The lowest BCUT2D eigenvalue weighted by Gasteiger charge is -2.31. The number of anilines is 2. The topological polar surface area (TPSA) is 88.9 Å². The zero-order chi connectivity index (χ0) is 22.1. The Hall–Kier alpha value is -3.72. The fraction of sp³-hybridized carbons (Fsp3) is 0.130. The molecule has 9 heteroatoms. The molecule has 5 rings (SSSR count). The first-order valence-corrected chi connectivity index (χ1v) is 11.6. The van der Waals surface area contributed by atoms with Crippen LogP contribution in [0, 0.1) is 5.82 Å². The molecule has 1 aromatic heterocycles. The lowest BCUT2D eigenvalue weighted by molar-refractivity contribution is 0.431. The Morgan fingerprint density at radius 3 is 2.25 bits per heavy atom. The van der Waals surface area contributed by atoms with Gasteiger partial charge in [0, 0.05) is 0 Å². The molecule has 4 aromatic rings. The molecule has 0 radical (unpaired) electrons. The molecule has 0 spiro atoms. The minimum Gasteiger partial charge on any atom is -0.347 e. The number of sulfonamides is 1. The van der Waals surface area contributed by atoms with E-state index in [-0.39, 0.29) is 28.7 Å². The van der Waals surface area contributed by atoms with Crippen molar-refractivity contribution in [1.82, 2.24) is 14.8 Å². The second kappa shape index (κ2) is 8.08. The molecule has 3 aromatic carbocycles. The molecule has 2 heterocycles. The summed E-state index contributed by atoms with van der Waals surface area (Å²) >= 11 is 0. The summed E-state index contributed by atoms with van der Waals surface area (Å²) in [5.74, 6) is 0.0831. The van der Waals surface area contributed by atoms with Gasteiger partial charge in [0.05, 0.1) is 17.0 Å². The molecule has 1 aliphatic heterocycles. The van der Waals surface area contributed by atoms with Crippen LogP contribution in [0.3, 0.4) is 0 Å². The van der Waals surface area contributed by atoms with Crippen LogP contribution in [0.25, 0.3) is 0 Å². The van der Waals surface area contributed by atoms with E-state index in [9.17, 15) is 12.8 Å². The summed E-state index contributed by atoms with van der Waals surface area (Å²) in [6.45, 7) is 0. The first kappa shape index (κ1) is 20.2. The maximum Gasteiger partial charge on any atom is 0.264 e. The van der Waals surface area contributed by atoms with Crippen molar-refractivity contribution in [3.05, 3.63) is 102 Å². The van der Waals surface area contributed by atoms with Crippen molar-refractivity contribution in [3.8, 4) is 0 Å². The van der Waals surface area contributed by atoms with E-state index in [4.69, 9.17) is 0 Å². The molecule has 0 saturated heterocycles. The summed E-state index contributed by atoms with van der Waals surface area (Å²) in [5.41, 5.74) is 1.93. The number of fused-ring (bicyclic) bond motifs is 1. The summed E-state index contributed by atoms with van der Waals surface area (Å²) < 4.78 is 43.1. The van der Waals surface area contributed by atoms with Crippen molar-refractivity contribution in [3.63, 3.8) is 0 Å². The van der Waals surface area contributed by atoms with Crippen LogP contribution in [0.15, 0.2) is 89.8 Å². The number of benzene rings is 3. The van der Waals surface area contributed by atoms with Gasteiger partial charge in [0.25, 0.3) is 16.0 Å². The number of hydrogen-bond donors (Lipinski definition) is 2. The van der Waals surface area contributed by atoms with Crippen LogP contribution in [0.1, 0.15) is 29.6 Å². The number of nitrogens with one attached hydrogen (secondary N) is 2. The van der Waals surface area contributed by atoms with Gasteiger partial charge < -0.3 is 5.32 Å². The third-order valence-electron chi connectivity index (χ3n) is 5.42. The average molecular weight is 450 g/mol. The van der Waals surface area contributed by atoms with E-state index in [1.807, 2.05) is 30.3 Å². The van der Waals surface area contributed by atoms with E-state index in [2.05, 4.69) is 20.1 Å². The average Bonchev–Trinajstić information content (AvgIpc) is 3.22. The quantitative estimate of drug-likeness (QED) is 0.473. The Bertz CT molecular complexity index is 1330. The number of nitrogens with zero attached hydrogens (tertiary/aromatic N) is 3. The molecule has 0 aliphatic carbocycles. The zero-order valence-corrected chi connectivity index (χ0v) is 17.7. The van der Waals surface area contributed by atoms with Crippen molar-refractivity contribution >= 4 is 21.9 Å². The number of aromatic nitrogens is 3. The van der Waals surface area contributed by atoms with Gasteiger partial charge in [-0.2, -0.15) is 4.98 Å². The molecule has 0 amide bonds. The predicted molar refractivity (Wildman–Crippen MR) is 119 cm³/mol. The van der Waals surface area contributed by atoms with Gasteiger partial charge in [-0.1, -0.05) is 60.7 Å². The zero-order valence-electron chi connectivity index (χ0n) is 16.9. The molecule has 162 valence electrons. The molecular weight excluding hydrogens is 429 g/mol. The van der Waals surface area contributed by atoms with Crippen LogP contribution >= 0.6 is 0 Å². The second-order valence-corrected chi connectivity index (χ2v) is 9.22. The lowest BCUT2D eigenvalue weighted by atomic mass is 9.93. The van der Waals surface area contributed by atoms with Crippen molar-refractivity contribution in [2.45, 2.75) is 23.4 Å². The van der Waals surface area contributed by atoms with Gasteiger partial charge in [-0.15, -0.1) is 5.10 Å². The molecule has 0 unspecified atom stereocenters. The molecule has 0 fully saturated rings. The Kier molecular flexibility index (Phi) is 5.10. The van der Waals surface area contributed by atoms with Gasteiger partial charge in [-0.3, -0.25) is 0 Å². The van der Waals surface area contributed by atoms with Gasteiger partial charge in [0.15, 0.2) is 0 Å². The van der Waals surface area contributed by atoms with Crippen LogP contribution < -0.4 is 10.0 Å². The molecular formula is C23H20FN5O2S. The maximum absolute atomic E-state index is 13.5. The number of hydrogen-bond acceptors (Lipinski definition) is 5. The van der Waals surface area contributed by atoms with E-state index >= 15 is 0 Å². The second-order valence-electron chi connectivity index (χ2n) is 7.53. The third-order valence-corrected chi connectivity index (χ3v) is 6.77. The van der Waals surface area contributed by atoms with Gasteiger partial charge in [0.2, 0.25) is 5.95 Å². The van der Waals surface area contributed by atoms with E-state index in [0.29, 0.717) is 12.4 Å². The summed E-state index contributed by atoms with van der Waals surface area (Å²) in [6, 6.07) is 23.9. The first-order chi connectivity index (χ1) is 15.5. The van der Waals surface area contributed by atoms with E-state index < -0.39 is 10.0 Å². The van der Waals surface area contributed by atoms with Crippen LogP contribution in [0.2, 0.25) is 0 Å². The molecule has 7 nitrogen and oxygen atoms in total. The molecule has 2 N–H and O–H groups in total. The van der Waals surface area contributed by atoms with Gasteiger partial charge in [-0.05, 0) is 41.8 Å². The summed E-state index contributed by atoms with van der Waals surface area (Å²) in [7, 11) is -3.83. The van der Waals surface area contributed by atoms with Crippen LogP contribution in [0.5, 0.6) is 0 Å². The Balaban J connectivity index is 1.52. The Labute approximate surface area is 185 Å². The molecule has 2 atom stereocenters. The van der Waals surface area contributed by atoms with Crippen molar-refractivity contribution in [1.29, 1.82) is 0 Å². The van der Waals surface area contributed by atoms with Gasteiger partial charge in [-0.25, -0.2) is 22.2 Å². The highest BCUT2D eigenvalue weighted by Crippen LogP contribution is 2.38. The van der Waals surface area contributed by atoms with Crippen LogP contribution in [-0.2, 0) is 10.0 Å². The normalized spacial score (nSPS) is 17.9. The van der Waals surface area contributed by atoms with Gasteiger partial charge in [0.1, 0.15) is 5.82 Å². The maximum atomic E-state index is 13.5. The van der Waals surface area contributed by atoms with Crippen LogP contribution in [-0.4, -0.2) is 23.2 Å². The van der Waals surface area contributed by atoms with Gasteiger partial charge >= 0.3 is 0 Å². The monoisotopic (exact) mass is 449 g/mol. The third kappa shape index (κ3) is 3.94. The predicted octanol–water partition coefficient (Wildman–Crippen LogP) is 4.36. The molecule has 0 saturated carbocycles. The smallest absolute Gasteiger partial charge is 0.264 e. The Morgan fingerprint density at radius 1 is 0.906 bits per heavy atom. The number of halogens is 1. The fourth-order valence-corrected chi connectivity index (χ4v) is 4.83. The van der Waals surface area contributed by atoms with E-state index in [1.165, 1.54) is 24.3 Å². The van der Waals surface area contributed by atoms with Crippen LogP contribution in [0.4, 0.5) is 16.3 Å². The van der Waals surface area contributed by atoms with Crippen molar-refractivity contribution < 1.29 is 12.8 Å². The van der Waals surface area contributed by atoms with Crippen molar-refractivity contribution in [2.75, 3.05) is 10.0 Å². The highest BCUT2D eigenvalue weighted by Gasteiger charge is 2.32.